The monoisotopic (exact) mass is 428 g/mol. The number of aryl methyl sites for hydroxylation is 1. The van der Waals surface area contributed by atoms with Gasteiger partial charge in [0, 0.05) is 21.0 Å². The minimum Gasteiger partial charge on any atom is -0.337 e. The van der Waals surface area contributed by atoms with E-state index in [0.29, 0.717) is 11.7 Å². The van der Waals surface area contributed by atoms with Crippen molar-refractivity contribution in [2.24, 2.45) is 0 Å². The SMILES string of the molecule is Cc1ccc(-c2ccc(=O)n(Cc3nc(-c4cccc(Br)c4)no3)n2)s1. The second-order valence-electron chi connectivity index (χ2n) is 5.65. The summed E-state index contributed by atoms with van der Waals surface area (Å²) < 4.78 is 7.56. The van der Waals surface area contributed by atoms with Gasteiger partial charge in [0.15, 0.2) is 0 Å². The predicted octanol–water partition coefficient (Wildman–Crippen LogP) is 4.14. The van der Waals surface area contributed by atoms with Crippen LogP contribution in [0, 0.1) is 6.92 Å². The van der Waals surface area contributed by atoms with Gasteiger partial charge in [-0.25, -0.2) is 4.68 Å². The standard InChI is InChI=1S/C18H13BrN4O2S/c1-11-5-7-15(26-11)14-6-8-17(24)23(21-14)10-16-20-18(22-25-16)12-3-2-4-13(19)9-12/h2-9H,10H2,1H3. The third kappa shape index (κ3) is 3.51. The summed E-state index contributed by atoms with van der Waals surface area (Å²) in [4.78, 5) is 18.7. The van der Waals surface area contributed by atoms with Crippen molar-refractivity contribution in [1.82, 2.24) is 19.9 Å². The summed E-state index contributed by atoms with van der Waals surface area (Å²) in [6.07, 6.45) is 0. The Bertz CT molecular complexity index is 1130. The van der Waals surface area contributed by atoms with E-state index in [0.717, 1.165) is 20.6 Å². The molecule has 1 aromatic carbocycles. The summed E-state index contributed by atoms with van der Waals surface area (Å²) in [5, 5.41) is 8.42. The zero-order valence-electron chi connectivity index (χ0n) is 13.7. The third-order valence-corrected chi connectivity index (χ3v) is 5.21. The molecule has 0 spiro atoms. The first-order valence-electron chi connectivity index (χ1n) is 7.82. The summed E-state index contributed by atoms with van der Waals surface area (Å²) in [5.74, 6) is 0.800. The lowest BCUT2D eigenvalue weighted by Crippen LogP contribution is -2.22. The van der Waals surface area contributed by atoms with Crippen LogP contribution < -0.4 is 5.56 Å². The van der Waals surface area contributed by atoms with Crippen molar-refractivity contribution in [2.75, 3.05) is 0 Å². The van der Waals surface area contributed by atoms with Crippen LogP contribution in [-0.2, 0) is 6.54 Å². The van der Waals surface area contributed by atoms with Crippen LogP contribution in [0.2, 0.25) is 0 Å². The van der Waals surface area contributed by atoms with Crippen LogP contribution in [0.25, 0.3) is 22.0 Å². The fourth-order valence-electron chi connectivity index (χ4n) is 2.46. The average Bonchev–Trinajstić information content (AvgIpc) is 3.26. The zero-order valence-corrected chi connectivity index (χ0v) is 16.1. The molecule has 0 unspecified atom stereocenters. The first kappa shape index (κ1) is 16.9. The molecule has 0 aliphatic carbocycles. The summed E-state index contributed by atoms with van der Waals surface area (Å²) in [5.41, 5.74) is 1.36. The van der Waals surface area contributed by atoms with Gasteiger partial charge in [-0.15, -0.1) is 11.3 Å². The number of nitrogens with zero attached hydrogens (tertiary/aromatic N) is 4. The Hall–Kier alpha value is -2.58. The molecular weight excluding hydrogens is 416 g/mol. The Morgan fingerprint density at radius 2 is 2.08 bits per heavy atom. The van der Waals surface area contributed by atoms with Crippen molar-refractivity contribution >= 4 is 27.3 Å². The molecule has 0 radical (unpaired) electrons. The van der Waals surface area contributed by atoms with Crippen LogP contribution in [0.3, 0.4) is 0 Å². The fourth-order valence-corrected chi connectivity index (χ4v) is 3.69. The van der Waals surface area contributed by atoms with Gasteiger partial charge in [0.2, 0.25) is 11.7 Å². The fraction of sp³-hybridized carbons (Fsp3) is 0.111. The van der Waals surface area contributed by atoms with Crippen molar-refractivity contribution in [3.05, 3.63) is 74.1 Å². The highest BCUT2D eigenvalue weighted by Crippen LogP contribution is 2.25. The predicted molar refractivity (Wildman–Crippen MR) is 103 cm³/mol. The van der Waals surface area contributed by atoms with E-state index < -0.39 is 0 Å². The topological polar surface area (TPSA) is 73.8 Å². The first-order chi connectivity index (χ1) is 12.6. The van der Waals surface area contributed by atoms with Crippen LogP contribution in [0.5, 0.6) is 0 Å². The Labute approximate surface area is 161 Å². The number of halogens is 1. The molecule has 0 atom stereocenters. The van der Waals surface area contributed by atoms with Gasteiger partial charge < -0.3 is 4.52 Å². The number of aromatic nitrogens is 4. The van der Waals surface area contributed by atoms with E-state index in [-0.39, 0.29) is 12.1 Å². The van der Waals surface area contributed by atoms with E-state index in [1.807, 2.05) is 43.3 Å². The molecule has 3 heterocycles. The number of hydrogen-bond donors (Lipinski definition) is 0. The lowest BCUT2D eigenvalue weighted by molar-refractivity contribution is 0.363. The molecule has 4 aromatic rings. The third-order valence-electron chi connectivity index (χ3n) is 3.70. The maximum absolute atomic E-state index is 12.1. The summed E-state index contributed by atoms with van der Waals surface area (Å²) in [6.45, 7) is 2.16. The normalized spacial score (nSPS) is 11.0. The smallest absolute Gasteiger partial charge is 0.267 e. The van der Waals surface area contributed by atoms with E-state index in [9.17, 15) is 4.79 Å². The van der Waals surface area contributed by atoms with Crippen LogP contribution in [-0.4, -0.2) is 19.9 Å². The molecular formula is C18H13BrN4O2S. The lowest BCUT2D eigenvalue weighted by Gasteiger charge is -2.03. The molecule has 0 aliphatic heterocycles. The Balaban J connectivity index is 1.62. The first-order valence-corrected chi connectivity index (χ1v) is 9.43. The molecule has 26 heavy (non-hydrogen) atoms. The van der Waals surface area contributed by atoms with E-state index in [4.69, 9.17) is 4.52 Å². The van der Waals surface area contributed by atoms with Gasteiger partial charge in [-0.05, 0) is 37.3 Å². The summed E-state index contributed by atoms with van der Waals surface area (Å²) >= 11 is 5.05. The highest BCUT2D eigenvalue weighted by Gasteiger charge is 2.12. The van der Waals surface area contributed by atoms with Gasteiger partial charge in [-0.1, -0.05) is 33.2 Å². The maximum Gasteiger partial charge on any atom is 0.267 e. The zero-order chi connectivity index (χ0) is 18.1. The second kappa shape index (κ2) is 6.97. The van der Waals surface area contributed by atoms with Gasteiger partial charge in [0.05, 0.1) is 4.88 Å². The molecule has 6 nitrogen and oxygen atoms in total. The number of hydrogen-bond acceptors (Lipinski definition) is 6. The lowest BCUT2D eigenvalue weighted by atomic mass is 10.2. The van der Waals surface area contributed by atoms with E-state index in [1.54, 1.807) is 17.4 Å². The highest BCUT2D eigenvalue weighted by molar-refractivity contribution is 9.10. The Morgan fingerprint density at radius 1 is 1.19 bits per heavy atom. The molecule has 0 bridgehead atoms. The minimum absolute atomic E-state index is 0.123. The number of thiophene rings is 1. The van der Waals surface area contributed by atoms with E-state index in [2.05, 4.69) is 31.2 Å². The van der Waals surface area contributed by atoms with Gasteiger partial charge >= 0.3 is 0 Å². The van der Waals surface area contributed by atoms with Crippen molar-refractivity contribution < 1.29 is 4.52 Å². The van der Waals surface area contributed by atoms with Crippen molar-refractivity contribution in [3.8, 4) is 22.0 Å². The Kier molecular flexibility index (Phi) is 4.52. The van der Waals surface area contributed by atoms with Crippen molar-refractivity contribution in [3.63, 3.8) is 0 Å². The molecule has 0 aliphatic rings. The molecule has 130 valence electrons. The molecule has 0 saturated carbocycles. The Morgan fingerprint density at radius 3 is 2.85 bits per heavy atom. The molecule has 0 saturated heterocycles. The molecule has 8 heteroatoms. The van der Waals surface area contributed by atoms with E-state index in [1.165, 1.54) is 15.6 Å². The molecule has 0 fully saturated rings. The quantitative estimate of drug-likeness (QED) is 0.488. The van der Waals surface area contributed by atoms with Crippen LogP contribution >= 0.6 is 27.3 Å². The van der Waals surface area contributed by atoms with Crippen molar-refractivity contribution in [1.29, 1.82) is 0 Å². The number of rotatable bonds is 4. The van der Waals surface area contributed by atoms with Gasteiger partial charge in [0.25, 0.3) is 5.56 Å². The maximum atomic E-state index is 12.1. The molecule has 4 rings (SSSR count). The van der Waals surface area contributed by atoms with Crippen LogP contribution in [0.15, 0.2) is 62.3 Å². The van der Waals surface area contributed by atoms with Gasteiger partial charge in [0.1, 0.15) is 12.2 Å². The number of benzene rings is 1. The van der Waals surface area contributed by atoms with Crippen LogP contribution in [0.1, 0.15) is 10.8 Å². The van der Waals surface area contributed by atoms with Crippen LogP contribution in [0.4, 0.5) is 0 Å². The largest absolute Gasteiger partial charge is 0.337 e. The van der Waals surface area contributed by atoms with Crippen molar-refractivity contribution in [2.45, 2.75) is 13.5 Å². The van der Waals surface area contributed by atoms with Gasteiger partial charge in [-0.3, -0.25) is 4.79 Å². The molecule has 0 N–H and O–H groups in total. The highest BCUT2D eigenvalue weighted by atomic mass is 79.9. The van der Waals surface area contributed by atoms with Gasteiger partial charge in [-0.2, -0.15) is 10.1 Å². The molecule has 0 amide bonds. The average molecular weight is 429 g/mol. The minimum atomic E-state index is -0.218. The van der Waals surface area contributed by atoms with E-state index >= 15 is 0 Å². The second-order valence-corrected chi connectivity index (χ2v) is 7.85. The molecule has 3 aromatic heterocycles. The summed E-state index contributed by atoms with van der Waals surface area (Å²) in [7, 11) is 0. The summed E-state index contributed by atoms with van der Waals surface area (Å²) in [6, 6.07) is 14.9.